The normalized spacial score (nSPS) is 16.7. The highest BCUT2D eigenvalue weighted by molar-refractivity contribution is 5.86. The van der Waals surface area contributed by atoms with E-state index in [2.05, 4.69) is 20.0 Å². The molecule has 1 aliphatic carbocycles. The molecule has 0 bridgehead atoms. The first kappa shape index (κ1) is 13.3. The highest BCUT2D eigenvalue weighted by Crippen LogP contribution is 2.29. The monoisotopic (exact) mass is 275 g/mol. The summed E-state index contributed by atoms with van der Waals surface area (Å²) in [7, 11) is 1.89. The third kappa shape index (κ3) is 2.35. The molecule has 6 nitrogen and oxygen atoms in total. The van der Waals surface area contributed by atoms with Crippen LogP contribution in [-0.4, -0.2) is 44.0 Å². The number of rotatable bonds is 4. The topological polar surface area (TPSA) is 67.1 Å². The lowest BCUT2D eigenvalue weighted by Crippen LogP contribution is -2.39. The Morgan fingerprint density at radius 3 is 2.85 bits per heavy atom. The van der Waals surface area contributed by atoms with E-state index < -0.39 is 0 Å². The van der Waals surface area contributed by atoms with Gasteiger partial charge in [0.2, 0.25) is 0 Å². The summed E-state index contributed by atoms with van der Waals surface area (Å²) < 4.78 is 1.76. The van der Waals surface area contributed by atoms with Gasteiger partial charge < -0.3 is 10.0 Å². The van der Waals surface area contributed by atoms with Gasteiger partial charge in [0.1, 0.15) is 12.1 Å². The smallest absolute Gasteiger partial charge is 0.163 e. The molecule has 1 saturated carbocycles. The quantitative estimate of drug-likeness (QED) is 0.915. The van der Waals surface area contributed by atoms with Crippen molar-refractivity contribution in [1.82, 2.24) is 19.7 Å². The number of aliphatic hydroxyl groups is 1. The molecule has 0 aliphatic heterocycles. The van der Waals surface area contributed by atoms with Gasteiger partial charge in [-0.1, -0.05) is 19.3 Å². The minimum Gasteiger partial charge on any atom is -0.395 e. The van der Waals surface area contributed by atoms with Crippen LogP contribution in [0.5, 0.6) is 0 Å². The molecule has 1 aliphatic rings. The zero-order valence-corrected chi connectivity index (χ0v) is 11.9. The number of anilines is 1. The minimum absolute atomic E-state index is 0.141. The van der Waals surface area contributed by atoms with Gasteiger partial charge in [-0.2, -0.15) is 5.10 Å². The van der Waals surface area contributed by atoms with E-state index in [1.165, 1.54) is 32.1 Å². The van der Waals surface area contributed by atoms with Gasteiger partial charge in [-0.15, -0.1) is 0 Å². The Morgan fingerprint density at radius 2 is 2.10 bits per heavy atom. The molecule has 2 aromatic rings. The van der Waals surface area contributed by atoms with Crippen LogP contribution >= 0.6 is 0 Å². The predicted molar refractivity (Wildman–Crippen MR) is 77.6 cm³/mol. The Labute approximate surface area is 118 Å². The highest BCUT2D eigenvalue weighted by atomic mass is 16.3. The Hall–Kier alpha value is -1.69. The van der Waals surface area contributed by atoms with E-state index in [0.717, 1.165) is 16.9 Å². The van der Waals surface area contributed by atoms with Gasteiger partial charge in [0.05, 0.1) is 18.2 Å². The van der Waals surface area contributed by atoms with Crippen LogP contribution in [0, 0.1) is 0 Å². The molecule has 3 rings (SSSR count). The fourth-order valence-corrected chi connectivity index (χ4v) is 3.14. The third-order valence-corrected chi connectivity index (χ3v) is 4.14. The minimum atomic E-state index is 0.141. The van der Waals surface area contributed by atoms with E-state index in [9.17, 15) is 5.11 Å². The van der Waals surface area contributed by atoms with Crippen molar-refractivity contribution in [3.63, 3.8) is 0 Å². The van der Waals surface area contributed by atoms with E-state index in [-0.39, 0.29) is 6.61 Å². The third-order valence-electron chi connectivity index (χ3n) is 4.14. The van der Waals surface area contributed by atoms with Crippen molar-refractivity contribution >= 4 is 16.9 Å². The van der Waals surface area contributed by atoms with Crippen molar-refractivity contribution in [2.75, 3.05) is 18.1 Å². The number of aliphatic hydroxyl groups excluding tert-OH is 1. The molecule has 0 aromatic carbocycles. The van der Waals surface area contributed by atoms with Crippen LogP contribution in [-0.2, 0) is 7.05 Å². The van der Waals surface area contributed by atoms with E-state index >= 15 is 0 Å². The zero-order chi connectivity index (χ0) is 13.9. The van der Waals surface area contributed by atoms with Crippen molar-refractivity contribution in [3.8, 4) is 0 Å². The van der Waals surface area contributed by atoms with Gasteiger partial charge in [-0.25, -0.2) is 9.97 Å². The second-order valence-corrected chi connectivity index (χ2v) is 5.41. The molecule has 0 unspecified atom stereocenters. The van der Waals surface area contributed by atoms with Gasteiger partial charge >= 0.3 is 0 Å². The molecule has 0 radical (unpaired) electrons. The molecule has 20 heavy (non-hydrogen) atoms. The fraction of sp³-hybridized carbons (Fsp3) is 0.643. The zero-order valence-electron chi connectivity index (χ0n) is 11.9. The molecule has 0 saturated heterocycles. The van der Waals surface area contributed by atoms with Crippen LogP contribution in [0.15, 0.2) is 12.5 Å². The van der Waals surface area contributed by atoms with Gasteiger partial charge in [0, 0.05) is 19.6 Å². The summed E-state index contributed by atoms with van der Waals surface area (Å²) in [5.74, 6) is 0.907. The highest BCUT2D eigenvalue weighted by Gasteiger charge is 2.24. The standard InChI is InChI=1S/C14H21N5O/c1-18-13-12(9-17-18)14(16-10-15-13)19(7-8-20)11-5-3-2-4-6-11/h9-11,20H,2-8H2,1H3. The Balaban J connectivity index is 2.00. The number of hydrogen-bond acceptors (Lipinski definition) is 5. The van der Waals surface area contributed by atoms with Crippen LogP contribution in [0.1, 0.15) is 32.1 Å². The maximum Gasteiger partial charge on any atom is 0.163 e. The number of nitrogens with zero attached hydrogens (tertiary/aromatic N) is 5. The molecular formula is C14H21N5O. The second kappa shape index (κ2) is 5.75. The molecule has 0 atom stereocenters. The van der Waals surface area contributed by atoms with Crippen LogP contribution in [0.25, 0.3) is 11.0 Å². The number of hydrogen-bond donors (Lipinski definition) is 1. The maximum atomic E-state index is 9.40. The molecule has 108 valence electrons. The summed E-state index contributed by atoms with van der Waals surface area (Å²) in [6, 6.07) is 0.467. The molecule has 0 spiro atoms. The van der Waals surface area contributed by atoms with Crippen molar-refractivity contribution < 1.29 is 5.11 Å². The van der Waals surface area contributed by atoms with Gasteiger partial charge in [-0.3, -0.25) is 4.68 Å². The largest absolute Gasteiger partial charge is 0.395 e. The molecule has 2 aromatic heterocycles. The van der Waals surface area contributed by atoms with Crippen LogP contribution in [0.2, 0.25) is 0 Å². The lowest BCUT2D eigenvalue weighted by atomic mass is 9.94. The maximum absolute atomic E-state index is 9.40. The number of aryl methyl sites for hydroxylation is 1. The summed E-state index contributed by atoms with van der Waals surface area (Å²) in [5, 5.41) is 14.6. The second-order valence-electron chi connectivity index (χ2n) is 5.41. The number of aromatic nitrogens is 4. The van der Waals surface area contributed by atoms with Gasteiger partial charge in [0.25, 0.3) is 0 Å². The first-order valence-electron chi connectivity index (χ1n) is 7.31. The van der Waals surface area contributed by atoms with E-state index in [0.29, 0.717) is 12.6 Å². The summed E-state index contributed by atoms with van der Waals surface area (Å²) >= 11 is 0. The number of fused-ring (bicyclic) bond motifs is 1. The SMILES string of the molecule is Cn1ncc2c(N(CCO)C3CCCCC3)ncnc21. The van der Waals surface area contributed by atoms with Crippen LogP contribution in [0.4, 0.5) is 5.82 Å². The molecule has 1 N–H and O–H groups in total. The molecular weight excluding hydrogens is 254 g/mol. The molecule has 2 heterocycles. The average molecular weight is 275 g/mol. The van der Waals surface area contributed by atoms with Crippen molar-refractivity contribution in [1.29, 1.82) is 0 Å². The lowest BCUT2D eigenvalue weighted by Gasteiger charge is -2.35. The Morgan fingerprint density at radius 1 is 1.30 bits per heavy atom. The van der Waals surface area contributed by atoms with Gasteiger partial charge in [0.15, 0.2) is 5.65 Å². The Bertz CT molecular complexity index is 576. The van der Waals surface area contributed by atoms with E-state index in [1.54, 1.807) is 11.0 Å². The van der Waals surface area contributed by atoms with Gasteiger partial charge in [-0.05, 0) is 12.8 Å². The summed E-state index contributed by atoms with van der Waals surface area (Å²) in [4.78, 5) is 11.0. The molecule has 6 heteroatoms. The van der Waals surface area contributed by atoms with E-state index in [4.69, 9.17) is 0 Å². The summed E-state index contributed by atoms with van der Waals surface area (Å²) in [6.45, 7) is 0.758. The van der Waals surface area contributed by atoms with Crippen molar-refractivity contribution in [2.45, 2.75) is 38.1 Å². The fourth-order valence-electron chi connectivity index (χ4n) is 3.14. The first-order valence-corrected chi connectivity index (χ1v) is 7.31. The Kier molecular flexibility index (Phi) is 3.82. The first-order chi connectivity index (χ1) is 9.81. The molecule has 0 amide bonds. The average Bonchev–Trinajstić information content (AvgIpc) is 2.88. The van der Waals surface area contributed by atoms with Crippen molar-refractivity contribution in [3.05, 3.63) is 12.5 Å². The summed E-state index contributed by atoms with van der Waals surface area (Å²) in [6.07, 6.45) is 9.58. The van der Waals surface area contributed by atoms with Crippen LogP contribution < -0.4 is 4.90 Å². The predicted octanol–water partition coefficient (Wildman–Crippen LogP) is 1.49. The van der Waals surface area contributed by atoms with E-state index in [1.807, 2.05) is 13.2 Å². The molecule has 1 fully saturated rings. The van der Waals surface area contributed by atoms with Crippen molar-refractivity contribution in [2.24, 2.45) is 7.05 Å². The summed E-state index contributed by atoms with van der Waals surface area (Å²) in [5.41, 5.74) is 0.841. The van der Waals surface area contributed by atoms with Crippen LogP contribution in [0.3, 0.4) is 0 Å². The lowest BCUT2D eigenvalue weighted by molar-refractivity contribution is 0.289.